The maximum atomic E-state index is 13.5. The molecule has 0 aliphatic heterocycles. The van der Waals surface area contributed by atoms with Gasteiger partial charge in [0.05, 0.1) is 6.61 Å². The molecule has 0 aromatic heterocycles. The van der Waals surface area contributed by atoms with E-state index < -0.39 is 12.2 Å². The molecule has 0 fully saturated rings. The van der Waals surface area contributed by atoms with Crippen LogP contribution in [-0.4, -0.2) is 30.2 Å². The molecule has 190 valence electrons. The molecule has 34 heavy (non-hydrogen) atoms. The summed E-state index contributed by atoms with van der Waals surface area (Å²) in [6.45, 7) is 11.1. The van der Waals surface area contributed by atoms with Crippen molar-refractivity contribution in [1.82, 2.24) is 5.48 Å². The van der Waals surface area contributed by atoms with Crippen LogP contribution in [0, 0.1) is 16.7 Å². The molecule has 0 heterocycles. The summed E-state index contributed by atoms with van der Waals surface area (Å²) < 4.78 is 19.1. The SMILES string of the molecule is CCC(C)CC(C)(C)CO/C(C)=C(/C=N)NO.NC(=O)Nc1c2c(cc3c1CC(F)C3)CCC2. The number of amides is 2. The molecular weight excluding hydrogens is 435 g/mol. The number of ether oxygens (including phenoxy) is 1. The van der Waals surface area contributed by atoms with E-state index >= 15 is 0 Å². The number of aryl methyl sites for hydroxylation is 1. The van der Waals surface area contributed by atoms with Crippen molar-refractivity contribution in [1.29, 1.82) is 5.41 Å². The van der Waals surface area contributed by atoms with Crippen molar-refractivity contribution in [2.24, 2.45) is 17.1 Å². The lowest BCUT2D eigenvalue weighted by Crippen LogP contribution is -2.23. The van der Waals surface area contributed by atoms with Crippen LogP contribution in [0.3, 0.4) is 0 Å². The van der Waals surface area contributed by atoms with Crippen LogP contribution < -0.4 is 16.5 Å². The zero-order valence-corrected chi connectivity index (χ0v) is 21.2. The van der Waals surface area contributed by atoms with Gasteiger partial charge in [0.1, 0.15) is 17.6 Å². The van der Waals surface area contributed by atoms with E-state index in [1.165, 1.54) is 12.0 Å². The van der Waals surface area contributed by atoms with E-state index in [2.05, 4.69) is 39.1 Å². The summed E-state index contributed by atoms with van der Waals surface area (Å²) in [5.41, 5.74) is 12.8. The van der Waals surface area contributed by atoms with Crippen LogP contribution >= 0.6 is 0 Å². The normalized spacial score (nSPS) is 18.0. The van der Waals surface area contributed by atoms with Gasteiger partial charge in [-0.3, -0.25) is 10.7 Å². The van der Waals surface area contributed by atoms with Gasteiger partial charge in [0, 0.05) is 24.7 Å². The van der Waals surface area contributed by atoms with Gasteiger partial charge in [0.15, 0.2) is 0 Å². The van der Waals surface area contributed by atoms with Gasteiger partial charge in [-0.15, -0.1) is 0 Å². The molecule has 3 rings (SSSR count). The summed E-state index contributed by atoms with van der Waals surface area (Å²) in [6.07, 6.45) is 6.44. The predicted octanol–water partition coefficient (Wildman–Crippen LogP) is 5.43. The van der Waals surface area contributed by atoms with Crippen molar-refractivity contribution in [3.05, 3.63) is 39.8 Å². The second kappa shape index (κ2) is 12.2. The van der Waals surface area contributed by atoms with E-state index in [0.29, 0.717) is 36.8 Å². The molecule has 8 heteroatoms. The number of allylic oxidation sites excluding steroid dienone is 2. The van der Waals surface area contributed by atoms with Crippen molar-refractivity contribution < 1.29 is 19.1 Å². The van der Waals surface area contributed by atoms with Crippen molar-refractivity contribution in [2.75, 3.05) is 11.9 Å². The highest BCUT2D eigenvalue weighted by atomic mass is 19.1. The zero-order chi connectivity index (χ0) is 25.5. The Morgan fingerprint density at radius 1 is 1.35 bits per heavy atom. The maximum Gasteiger partial charge on any atom is 0.316 e. The van der Waals surface area contributed by atoms with Crippen LogP contribution in [0.5, 0.6) is 0 Å². The summed E-state index contributed by atoms with van der Waals surface area (Å²) in [4.78, 5) is 11.1. The molecule has 2 amide bonds. The first-order valence-corrected chi connectivity index (χ1v) is 12.1. The number of halogens is 1. The van der Waals surface area contributed by atoms with Crippen LogP contribution in [0.4, 0.5) is 14.9 Å². The monoisotopic (exact) mass is 476 g/mol. The summed E-state index contributed by atoms with van der Waals surface area (Å²) in [7, 11) is 0. The van der Waals surface area contributed by atoms with Crippen molar-refractivity contribution in [3.8, 4) is 0 Å². The number of carbonyl (C=O) groups is 1. The number of nitrogens with one attached hydrogen (secondary N) is 3. The van der Waals surface area contributed by atoms with Crippen LogP contribution in [-0.2, 0) is 30.4 Å². The predicted molar refractivity (Wildman–Crippen MR) is 134 cm³/mol. The Kier molecular flexibility index (Phi) is 9.91. The van der Waals surface area contributed by atoms with Gasteiger partial charge >= 0.3 is 6.03 Å². The Morgan fingerprint density at radius 2 is 2.06 bits per heavy atom. The van der Waals surface area contributed by atoms with Crippen LogP contribution in [0.1, 0.15) is 76.1 Å². The lowest BCUT2D eigenvalue weighted by Gasteiger charge is -2.28. The third kappa shape index (κ3) is 7.45. The third-order valence-corrected chi connectivity index (χ3v) is 6.64. The number of carbonyl (C=O) groups excluding carboxylic acids is 1. The zero-order valence-electron chi connectivity index (χ0n) is 21.2. The van der Waals surface area contributed by atoms with Crippen molar-refractivity contribution >= 4 is 17.9 Å². The van der Waals surface area contributed by atoms with E-state index in [9.17, 15) is 9.18 Å². The standard InChI is InChI=1S/C13H15FN2O.C13H26N2O2/c14-9-5-8-4-7-2-1-3-10(7)12(11(8)6-9)16-13(15)17;1-6-10(2)7-13(4,5)9-17-11(3)12(8-14)15-16/h4,9H,1-3,5-6H2,(H3,15,16,17);8,10,14-16H,6-7,9H2,1-5H3/b;12-11-,14-8?. The Balaban J connectivity index is 0.000000240. The van der Waals surface area contributed by atoms with Gasteiger partial charge in [0.25, 0.3) is 0 Å². The van der Waals surface area contributed by atoms with Crippen molar-refractivity contribution in [3.63, 3.8) is 0 Å². The quantitative estimate of drug-likeness (QED) is 0.185. The minimum absolute atomic E-state index is 0.0965. The minimum atomic E-state index is -0.819. The van der Waals surface area contributed by atoms with E-state index in [-0.39, 0.29) is 5.41 Å². The lowest BCUT2D eigenvalue weighted by molar-refractivity contribution is 0.0907. The Bertz CT molecular complexity index is 914. The summed E-state index contributed by atoms with van der Waals surface area (Å²) >= 11 is 0. The van der Waals surface area contributed by atoms with Gasteiger partial charge in [-0.25, -0.2) is 9.18 Å². The van der Waals surface area contributed by atoms with Crippen molar-refractivity contribution in [2.45, 2.75) is 85.7 Å². The smallest absolute Gasteiger partial charge is 0.316 e. The van der Waals surface area contributed by atoms with Crippen LogP contribution in [0.15, 0.2) is 17.5 Å². The number of alkyl halides is 1. The van der Waals surface area contributed by atoms with Gasteiger partial charge < -0.3 is 21.2 Å². The van der Waals surface area contributed by atoms with E-state index in [4.69, 9.17) is 21.1 Å². The topological polar surface area (TPSA) is 120 Å². The Labute approximate surface area is 202 Å². The molecule has 6 N–H and O–H groups in total. The molecule has 1 aromatic carbocycles. The Hall–Kier alpha value is -2.61. The number of hydrogen-bond acceptors (Lipinski definition) is 5. The highest BCUT2D eigenvalue weighted by Gasteiger charge is 2.29. The number of hydrogen-bond donors (Lipinski definition) is 5. The van der Waals surface area contributed by atoms with Gasteiger partial charge in [-0.05, 0) is 66.2 Å². The maximum absolute atomic E-state index is 13.5. The number of primary amides is 1. The molecule has 2 aliphatic rings. The first-order chi connectivity index (χ1) is 16.0. The average molecular weight is 477 g/mol. The molecule has 0 saturated heterocycles. The fraction of sp³-hybridized carbons (Fsp3) is 0.615. The second-order valence-corrected chi connectivity index (χ2v) is 10.3. The highest BCUT2D eigenvalue weighted by Crippen LogP contribution is 2.39. The van der Waals surface area contributed by atoms with E-state index in [0.717, 1.165) is 54.3 Å². The molecule has 2 aliphatic carbocycles. The lowest BCUT2D eigenvalue weighted by atomic mass is 9.83. The molecule has 2 unspecified atom stereocenters. The molecule has 0 spiro atoms. The number of urea groups is 1. The third-order valence-electron chi connectivity index (χ3n) is 6.64. The molecule has 1 aromatic rings. The number of nitrogens with two attached hydrogens (primary N) is 1. The highest BCUT2D eigenvalue weighted by molar-refractivity contribution is 5.91. The summed E-state index contributed by atoms with van der Waals surface area (Å²) in [5, 5.41) is 18.6. The second-order valence-electron chi connectivity index (χ2n) is 10.3. The van der Waals surface area contributed by atoms with Crippen LogP contribution in [0.25, 0.3) is 0 Å². The molecule has 7 nitrogen and oxygen atoms in total. The summed E-state index contributed by atoms with van der Waals surface area (Å²) in [5.74, 6) is 1.22. The first kappa shape index (κ1) is 27.6. The number of anilines is 1. The van der Waals surface area contributed by atoms with Crippen LogP contribution in [0.2, 0.25) is 0 Å². The number of hydroxylamine groups is 1. The Morgan fingerprint density at radius 3 is 2.65 bits per heavy atom. The largest absolute Gasteiger partial charge is 0.495 e. The number of fused-ring (bicyclic) bond motifs is 2. The van der Waals surface area contributed by atoms with Gasteiger partial charge in [0.2, 0.25) is 0 Å². The van der Waals surface area contributed by atoms with E-state index in [1.807, 2.05) is 5.48 Å². The molecule has 0 radical (unpaired) electrons. The minimum Gasteiger partial charge on any atom is -0.495 e. The molecular formula is C26H41FN4O3. The van der Waals surface area contributed by atoms with Gasteiger partial charge in [-0.1, -0.05) is 40.2 Å². The number of rotatable bonds is 9. The fourth-order valence-corrected chi connectivity index (χ4v) is 4.81. The average Bonchev–Trinajstić information content (AvgIpc) is 3.38. The molecule has 0 bridgehead atoms. The van der Waals surface area contributed by atoms with E-state index in [1.54, 1.807) is 6.92 Å². The molecule has 2 atom stereocenters. The molecule has 0 saturated carbocycles. The number of benzene rings is 1. The fourth-order valence-electron chi connectivity index (χ4n) is 4.81. The first-order valence-electron chi connectivity index (χ1n) is 12.1. The summed E-state index contributed by atoms with van der Waals surface area (Å²) in [6, 6.07) is 1.55. The van der Waals surface area contributed by atoms with Gasteiger partial charge in [-0.2, -0.15) is 0 Å².